The van der Waals surface area contributed by atoms with Crippen molar-refractivity contribution in [3.05, 3.63) is 229 Å². The molecular formula is C53H34NOPS. The quantitative estimate of drug-likeness (QED) is 0.167. The maximum Gasteiger partial charge on any atom is 0.171 e. The van der Waals surface area contributed by atoms with E-state index < -0.39 is 12.6 Å². The van der Waals surface area contributed by atoms with E-state index in [-0.39, 0.29) is 0 Å². The highest BCUT2D eigenvalue weighted by Gasteiger charge is 2.50. The zero-order chi connectivity index (χ0) is 37.7. The molecule has 0 saturated heterocycles. The van der Waals surface area contributed by atoms with Crippen molar-refractivity contribution in [1.29, 1.82) is 0 Å². The number of hydrogen-bond donors (Lipinski definition) is 0. The first-order valence-electron chi connectivity index (χ1n) is 19.4. The Morgan fingerprint density at radius 1 is 0.421 bits per heavy atom. The van der Waals surface area contributed by atoms with E-state index in [9.17, 15) is 0 Å². The van der Waals surface area contributed by atoms with E-state index >= 15 is 4.57 Å². The van der Waals surface area contributed by atoms with Crippen LogP contribution >= 0.6 is 18.9 Å². The second-order valence-electron chi connectivity index (χ2n) is 15.1. The van der Waals surface area contributed by atoms with Gasteiger partial charge in [0.1, 0.15) is 0 Å². The van der Waals surface area contributed by atoms with Crippen LogP contribution in [0.2, 0.25) is 0 Å². The molecule has 0 amide bonds. The Labute approximate surface area is 335 Å². The van der Waals surface area contributed by atoms with Gasteiger partial charge in [-0.3, -0.25) is 0 Å². The molecule has 1 aromatic heterocycles. The van der Waals surface area contributed by atoms with Crippen LogP contribution in [0.4, 0.5) is 0 Å². The molecule has 0 N–H and O–H groups in total. The van der Waals surface area contributed by atoms with Crippen molar-refractivity contribution in [2.75, 3.05) is 0 Å². The molecule has 0 radical (unpaired) electrons. The van der Waals surface area contributed by atoms with Gasteiger partial charge in [-0.05, 0) is 92.7 Å². The van der Waals surface area contributed by atoms with Crippen molar-refractivity contribution in [2.45, 2.75) is 15.2 Å². The maximum atomic E-state index is 15.4. The Hall–Kier alpha value is -6.38. The van der Waals surface area contributed by atoms with E-state index in [0.717, 1.165) is 32.6 Å². The van der Waals surface area contributed by atoms with Gasteiger partial charge < -0.3 is 9.13 Å². The lowest BCUT2D eigenvalue weighted by Gasteiger charge is -2.39. The normalized spacial score (nSPS) is 13.8. The Balaban J connectivity index is 1.16. The molecule has 2 heterocycles. The third-order valence-electron chi connectivity index (χ3n) is 12.3. The maximum absolute atomic E-state index is 15.4. The monoisotopic (exact) mass is 763 g/mol. The molecule has 268 valence electrons. The van der Waals surface area contributed by atoms with Crippen LogP contribution < -0.4 is 15.9 Å². The molecule has 57 heavy (non-hydrogen) atoms. The van der Waals surface area contributed by atoms with Crippen LogP contribution in [0.1, 0.15) is 22.3 Å². The van der Waals surface area contributed by atoms with Crippen molar-refractivity contribution >= 4 is 67.4 Å². The molecule has 12 rings (SSSR count). The van der Waals surface area contributed by atoms with Gasteiger partial charge >= 0.3 is 0 Å². The lowest BCUT2D eigenvalue weighted by atomic mass is 9.67. The molecule has 2 nitrogen and oxygen atoms in total. The molecule has 4 heteroatoms. The lowest BCUT2D eigenvalue weighted by molar-refractivity contribution is 0.592. The number of benzene rings is 9. The standard InChI is InChI=1S/C53H34NOPS/c55-56(37-16-3-1-4-17-37,38-18-5-2-6-19-38)39-30-28-36(29-31-39)54-48-32-27-35-15-7-8-20-40(35)52(48)43-33-51-47(34-49(43)54)53(46-25-13-14-26-50(46)57-51)44-23-11-9-21-41(44)42-22-10-12-24-45(42)53/h1-34H. The summed E-state index contributed by atoms with van der Waals surface area (Å²) in [5.74, 6) is 0. The number of fused-ring (bicyclic) bond motifs is 14. The van der Waals surface area contributed by atoms with Gasteiger partial charge in [0.05, 0.1) is 16.4 Å². The lowest BCUT2D eigenvalue weighted by Crippen LogP contribution is -2.32. The summed E-state index contributed by atoms with van der Waals surface area (Å²) < 4.78 is 17.8. The highest BCUT2D eigenvalue weighted by atomic mass is 32.2. The average Bonchev–Trinajstić information content (AvgIpc) is 3.77. The predicted molar refractivity (Wildman–Crippen MR) is 239 cm³/mol. The number of rotatable bonds is 4. The minimum atomic E-state index is -3.14. The number of nitrogens with zero attached hydrogens (tertiary/aromatic N) is 1. The topological polar surface area (TPSA) is 22.0 Å². The SMILES string of the molecule is O=P(c1ccccc1)(c1ccccc1)c1ccc(-n2c3cc4c(cc3c3c5ccccc5ccc32)Sc2ccccc2C42c3ccccc3-c3ccccc32)cc1. The first kappa shape index (κ1) is 32.8. The van der Waals surface area contributed by atoms with Crippen molar-refractivity contribution in [2.24, 2.45) is 0 Å². The van der Waals surface area contributed by atoms with Gasteiger partial charge in [0, 0.05) is 42.2 Å². The van der Waals surface area contributed by atoms with Crippen LogP contribution in [0, 0.1) is 0 Å². The van der Waals surface area contributed by atoms with Gasteiger partial charge in [-0.15, -0.1) is 0 Å². The molecule has 0 bridgehead atoms. The van der Waals surface area contributed by atoms with E-state index in [1.54, 1.807) is 0 Å². The van der Waals surface area contributed by atoms with E-state index in [2.05, 4.69) is 150 Å². The van der Waals surface area contributed by atoms with Crippen molar-refractivity contribution in [1.82, 2.24) is 4.57 Å². The predicted octanol–water partition coefficient (Wildman–Crippen LogP) is 12.4. The summed E-state index contributed by atoms with van der Waals surface area (Å²) in [6, 6.07) is 73.6. The minimum Gasteiger partial charge on any atom is -0.309 e. The molecule has 9 aromatic carbocycles. The fourth-order valence-electron chi connectivity index (χ4n) is 9.95. The van der Waals surface area contributed by atoms with E-state index in [1.165, 1.54) is 64.7 Å². The zero-order valence-corrected chi connectivity index (χ0v) is 32.6. The van der Waals surface area contributed by atoms with Crippen LogP contribution in [0.15, 0.2) is 216 Å². The van der Waals surface area contributed by atoms with Crippen molar-refractivity contribution in [3.63, 3.8) is 0 Å². The molecule has 1 aliphatic heterocycles. The Morgan fingerprint density at radius 3 is 1.67 bits per heavy atom. The Morgan fingerprint density at radius 2 is 0.982 bits per heavy atom. The second kappa shape index (κ2) is 12.3. The number of aromatic nitrogens is 1. The van der Waals surface area contributed by atoms with Crippen molar-refractivity contribution in [3.8, 4) is 16.8 Å². The van der Waals surface area contributed by atoms with E-state index in [0.29, 0.717) is 0 Å². The Kier molecular flexibility index (Phi) is 7.09. The zero-order valence-electron chi connectivity index (χ0n) is 30.8. The van der Waals surface area contributed by atoms with Crippen LogP contribution in [-0.2, 0) is 9.98 Å². The average molecular weight is 764 g/mol. The minimum absolute atomic E-state index is 0.482. The van der Waals surface area contributed by atoms with Crippen molar-refractivity contribution < 1.29 is 4.57 Å². The van der Waals surface area contributed by atoms with Crippen LogP contribution in [0.3, 0.4) is 0 Å². The second-order valence-corrected chi connectivity index (χ2v) is 19.0. The fourth-order valence-corrected chi connectivity index (χ4v) is 13.8. The molecule has 0 unspecified atom stereocenters. The molecule has 0 saturated carbocycles. The summed E-state index contributed by atoms with van der Waals surface area (Å²) >= 11 is 1.89. The summed E-state index contributed by atoms with van der Waals surface area (Å²) in [6.45, 7) is 0. The molecule has 2 aliphatic rings. The third kappa shape index (κ3) is 4.47. The number of hydrogen-bond acceptors (Lipinski definition) is 2. The van der Waals surface area contributed by atoms with Gasteiger partial charge in [-0.1, -0.05) is 169 Å². The summed E-state index contributed by atoms with van der Waals surface area (Å²) in [7, 11) is -3.14. The van der Waals surface area contributed by atoms with Gasteiger partial charge in [0.25, 0.3) is 0 Å². The summed E-state index contributed by atoms with van der Waals surface area (Å²) in [5, 5.41) is 7.41. The van der Waals surface area contributed by atoms with Crippen LogP contribution in [-0.4, -0.2) is 4.57 Å². The van der Waals surface area contributed by atoms with E-state index in [1.807, 2.05) is 72.4 Å². The molecule has 10 aromatic rings. The fraction of sp³-hybridized carbons (Fsp3) is 0.0189. The highest BCUT2D eigenvalue weighted by molar-refractivity contribution is 7.99. The van der Waals surface area contributed by atoms with Gasteiger partial charge in [-0.25, -0.2) is 0 Å². The molecular weight excluding hydrogens is 730 g/mol. The Bertz CT molecular complexity index is 3210. The van der Waals surface area contributed by atoms with Crippen LogP contribution in [0.5, 0.6) is 0 Å². The largest absolute Gasteiger partial charge is 0.309 e. The van der Waals surface area contributed by atoms with Gasteiger partial charge in [0.2, 0.25) is 0 Å². The first-order valence-corrected chi connectivity index (χ1v) is 22.0. The van der Waals surface area contributed by atoms with Crippen LogP contribution in [0.25, 0.3) is 49.4 Å². The smallest absolute Gasteiger partial charge is 0.171 e. The molecule has 1 spiro atoms. The summed E-state index contributed by atoms with van der Waals surface area (Å²) in [6.07, 6.45) is 0. The molecule has 0 fully saturated rings. The highest BCUT2D eigenvalue weighted by Crippen LogP contribution is 2.63. The summed E-state index contributed by atoms with van der Waals surface area (Å²) in [5.41, 5.74) is 10.7. The van der Waals surface area contributed by atoms with E-state index in [4.69, 9.17) is 0 Å². The first-order chi connectivity index (χ1) is 28.2. The molecule has 0 atom stereocenters. The molecule has 1 aliphatic carbocycles. The third-order valence-corrected chi connectivity index (χ3v) is 16.5. The summed E-state index contributed by atoms with van der Waals surface area (Å²) in [4.78, 5) is 2.57. The van der Waals surface area contributed by atoms with Gasteiger partial charge in [-0.2, -0.15) is 0 Å². The van der Waals surface area contributed by atoms with Gasteiger partial charge in [0.15, 0.2) is 7.14 Å².